The zero-order valence-electron chi connectivity index (χ0n) is 24.0. The van der Waals surface area contributed by atoms with Crippen molar-refractivity contribution < 1.29 is 28.5 Å². The van der Waals surface area contributed by atoms with Gasteiger partial charge >= 0.3 is 0 Å². The van der Waals surface area contributed by atoms with E-state index < -0.39 is 0 Å². The number of nitrogens with two attached hydrogens (primary N) is 1. The van der Waals surface area contributed by atoms with Gasteiger partial charge in [0.2, 0.25) is 11.8 Å². The molecule has 4 aromatic rings. The second-order valence-corrected chi connectivity index (χ2v) is 9.17. The van der Waals surface area contributed by atoms with Gasteiger partial charge in [-0.25, -0.2) is 4.98 Å². The highest BCUT2D eigenvalue weighted by atomic mass is 16.6. The summed E-state index contributed by atoms with van der Waals surface area (Å²) in [5.41, 5.74) is 8.23. The van der Waals surface area contributed by atoms with Gasteiger partial charge in [0.15, 0.2) is 0 Å². The molecule has 0 aliphatic carbocycles. The number of benzene rings is 3. The topological polar surface area (TPSA) is 139 Å². The minimum atomic E-state index is -0.290. The molecule has 224 valence electrons. The molecular formula is C32H35N5O6. The largest absolute Gasteiger partial charge is 0.438 e. The van der Waals surface area contributed by atoms with Gasteiger partial charge in [0.25, 0.3) is 5.91 Å². The maximum Gasteiger partial charge on any atom is 0.251 e. The number of nitrogen functional groups attached to an aromatic ring is 1. The summed E-state index contributed by atoms with van der Waals surface area (Å²) < 4.78 is 27.2. The van der Waals surface area contributed by atoms with E-state index in [1.54, 1.807) is 49.7 Å². The number of terminal acetylenes is 1. The van der Waals surface area contributed by atoms with Crippen molar-refractivity contribution in [2.45, 2.75) is 0 Å². The fraction of sp³-hybridized carbons (Fsp3) is 0.281. The van der Waals surface area contributed by atoms with E-state index in [2.05, 4.69) is 26.5 Å². The lowest BCUT2D eigenvalue weighted by molar-refractivity contribution is 0.00415. The number of rotatable bonds is 17. The molecule has 0 unspecified atom stereocenters. The van der Waals surface area contributed by atoms with E-state index in [0.29, 0.717) is 86.9 Å². The van der Waals surface area contributed by atoms with E-state index >= 15 is 0 Å². The number of nitrogens with zero attached hydrogens (tertiary/aromatic N) is 2. The van der Waals surface area contributed by atoms with Gasteiger partial charge in [0.05, 0.1) is 46.2 Å². The highest BCUT2D eigenvalue weighted by Crippen LogP contribution is 2.32. The molecule has 11 heteroatoms. The van der Waals surface area contributed by atoms with Crippen molar-refractivity contribution in [1.82, 2.24) is 15.3 Å². The number of hydrogen-bond donors (Lipinski definition) is 3. The molecule has 0 saturated carbocycles. The van der Waals surface area contributed by atoms with E-state index in [0.717, 1.165) is 10.8 Å². The summed E-state index contributed by atoms with van der Waals surface area (Å²) in [6.45, 7) is 3.58. The van der Waals surface area contributed by atoms with Crippen LogP contribution in [0.4, 0.5) is 17.3 Å². The number of anilines is 3. The van der Waals surface area contributed by atoms with Crippen LogP contribution in [0.3, 0.4) is 0 Å². The van der Waals surface area contributed by atoms with Crippen molar-refractivity contribution in [1.29, 1.82) is 0 Å². The summed E-state index contributed by atoms with van der Waals surface area (Å²) in [4.78, 5) is 21.6. The Morgan fingerprint density at radius 1 is 0.907 bits per heavy atom. The maximum absolute atomic E-state index is 12.8. The summed E-state index contributed by atoms with van der Waals surface area (Å²) in [5, 5.41) is 7.70. The molecule has 0 bridgehead atoms. The Kier molecular flexibility index (Phi) is 12.1. The number of nitrogens with one attached hydrogen (secondary N) is 2. The minimum Gasteiger partial charge on any atom is -0.438 e. The van der Waals surface area contributed by atoms with E-state index in [1.807, 2.05) is 24.3 Å². The monoisotopic (exact) mass is 585 g/mol. The highest BCUT2D eigenvalue weighted by Gasteiger charge is 2.11. The summed E-state index contributed by atoms with van der Waals surface area (Å²) in [6.07, 6.45) is 7.23. The van der Waals surface area contributed by atoms with Crippen molar-refractivity contribution in [3.8, 4) is 24.0 Å². The van der Waals surface area contributed by atoms with Gasteiger partial charge in [-0.05, 0) is 30.3 Å². The van der Waals surface area contributed by atoms with Gasteiger partial charge in [0, 0.05) is 59.2 Å². The number of carbonyl (C=O) groups is 1. The molecular weight excluding hydrogens is 550 g/mol. The molecule has 0 fully saturated rings. The Hall–Kier alpha value is -4.73. The number of amides is 1. The van der Waals surface area contributed by atoms with E-state index in [4.69, 9.17) is 35.8 Å². The smallest absolute Gasteiger partial charge is 0.251 e. The van der Waals surface area contributed by atoms with Crippen LogP contribution in [-0.4, -0.2) is 75.8 Å². The van der Waals surface area contributed by atoms with Crippen LogP contribution in [0, 0.1) is 12.3 Å². The van der Waals surface area contributed by atoms with Crippen LogP contribution in [0.1, 0.15) is 15.9 Å². The van der Waals surface area contributed by atoms with Gasteiger partial charge in [-0.1, -0.05) is 30.2 Å². The average molecular weight is 586 g/mol. The molecule has 0 spiro atoms. The number of methoxy groups -OCH3 is 1. The summed E-state index contributed by atoms with van der Waals surface area (Å²) in [6, 6.07) is 18.0. The van der Waals surface area contributed by atoms with Gasteiger partial charge < -0.3 is 40.1 Å². The number of aromatic nitrogens is 2. The third-order valence-corrected chi connectivity index (χ3v) is 6.09. The van der Waals surface area contributed by atoms with Crippen molar-refractivity contribution in [3.63, 3.8) is 0 Å². The molecule has 0 aliphatic rings. The molecule has 3 aromatic carbocycles. The lowest BCUT2D eigenvalue weighted by Gasteiger charge is -2.12. The van der Waals surface area contributed by atoms with Crippen LogP contribution >= 0.6 is 0 Å². The molecule has 4 N–H and O–H groups in total. The number of fused-ring (bicyclic) bond motifs is 1. The van der Waals surface area contributed by atoms with E-state index in [9.17, 15) is 4.79 Å². The fourth-order valence-electron chi connectivity index (χ4n) is 4.02. The highest BCUT2D eigenvalue weighted by molar-refractivity contribution is 5.97. The minimum absolute atomic E-state index is 0.273. The Labute approximate surface area is 250 Å². The van der Waals surface area contributed by atoms with Gasteiger partial charge in [-0.2, -0.15) is 4.98 Å². The first-order valence-corrected chi connectivity index (χ1v) is 13.7. The molecule has 1 heterocycles. The molecule has 0 saturated heterocycles. The van der Waals surface area contributed by atoms with Crippen LogP contribution in [0.25, 0.3) is 10.8 Å². The predicted octanol–water partition coefficient (Wildman–Crippen LogP) is 4.16. The van der Waals surface area contributed by atoms with Crippen molar-refractivity contribution in [2.75, 3.05) is 71.0 Å². The molecule has 4 rings (SSSR count). The summed E-state index contributed by atoms with van der Waals surface area (Å²) in [5.74, 6) is 3.51. The van der Waals surface area contributed by atoms with Crippen molar-refractivity contribution in [2.24, 2.45) is 0 Å². The Balaban J connectivity index is 1.28. The summed E-state index contributed by atoms with van der Waals surface area (Å²) >= 11 is 0. The molecule has 11 nitrogen and oxygen atoms in total. The SMILES string of the molecule is C#Cc1cc(Nc2nccc(Oc3ccc(N)c4ccccc34)n2)cc(C(=O)NCCOCCOCCOCCOC)c1. The number of hydrogen-bond acceptors (Lipinski definition) is 10. The van der Waals surface area contributed by atoms with Crippen LogP contribution in [0.15, 0.2) is 66.9 Å². The fourth-order valence-corrected chi connectivity index (χ4v) is 4.02. The predicted molar refractivity (Wildman–Crippen MR) is 165 cm³/mol. The van der Waals surface area contributed by atoms with Gasteiger partial charge in [-0.3, -0.25) is 4.79 Å². The van der Waals surface area contributed by atoms with Crippen LogP contribution in [-0.2, 0) is 18.9 Å². The molecule has 1 aromatic heterocycles. The first-order chi connectivity index (χ1) is 21.1. The van der Waals surface area contributed by atoms with Crippen LogP contribution in [0.5, 0.6) is 11.6 Å². The van der Waals surface area contributed by atoms with Gasteiger partial charge in [0.1, 0.15) is 5.75 Å². The zero-order valence-corrected chi connectivity index (χ0v) is 24.0. The van der Waals surface area contributed by atoms with E-state index in [1.165, 1.54) is 0 Å². The van der Waals surface area contributed by atoms with Crippen molar-refractivity contribution >= 4 is 34.0 Å². The molecule has 0 radical (unpaired) electrons. The zero-order chi connectivity index (χ0) is 30.3. The standard InChI is InChI=1S/C32H35N5O6/c1-3-23-20-24(31(38)34-12-13-40-16-17-42-19-18-41-15-14-39-2)22-25(21-23)36-32-35-11-10-30(37-32)43-29-9-8-28(33)26-6-4-5-7-27(26)29/h1,4-11,20-22H,12-19,33H2,2H3,(H,34,38)(H,35,36,37). The number of ether oxygens (including phenoxy) is 5. The average Bonchev–Trinajstić information content (AvgIpc) is 3.03. The molecule has 0 aliphatic heterocycles. The quantitative estimate of drug-likeness (QED) is 0.0941. The normalized spacial score (nSPS) is 10.8. The third kappa shape index (κ3) is 9.66. The van der Waals surface area contributed by atoms with Crippen LogP contribution < -0.4 is 21.1 Å². The van der Waals surface area contributed by atoms with Gasteiger partial charge in [-0.15, -0.1) is 6.42 Å². The van der Waals surface area contributed by atoms with E-state index in [-0.39, 0.29) is 11.9 Å². The number of carbonyl (C=O) groups excluding carboxylic acids is 1. The maximum atomic E-state index is 12.8. The Bertz CT molecular complexity index is 1540. The van der Waals surface area contributed by atoms with Crippen LogP contribution in [0.2, 0.25) is 0 Å². The molecule has 43 heavy (non-hydrogen) atoms. The third-order valence-electron chi connectivity index (χ3n) is 6.09. The first kappa shape index (κ1) is 31.2. The Morgan fingerprint density at radius 2 is 1.63 bits per heavy atom. The first-order valence-electron chi connectivity index (χ1n) is 13.7. The Morgan fingerprint density at radius 3 is 2.37 bits per heavy atom. The lowest BCUT2D eigenvalue weighted by atomic mass is 10.1. The molecule has 1 amide bonds. The second kappa shape index (κ2) is 16.6. The second-order valence-electron chi connectivity index (χ2n) is 9.17. The van der Waals surface area contributed by atoms with Crippen molar-refractivity contribution in [3.05, 3.63) is 78.0 Å². The molecule has 0 atom stereocenters. The lowest BCUT2D eigenvalue weighted by Crippen LogP contribution is -2.27. The summed E-state index contributed by atoms with van der Waals surface area (Å²) in [7, 11) is 1.63.